The van der Waals surface area contributed by atoms with Crippen LogP contribution in [0.5, 0.6) is 11.5 Å². The molecule has 0 N–H and O–H groups in total. The number of allylic oxidation sites excluding steroid dienone is 4. The third kappa shape index (κ3) is 8.81. The van der Waals surface area contributed by atoms with E-state index >= 15 is 0 Å². The molecule has 0 amide bonds. The van der Waals surface area contributed by atoms with Gasteiger partial charge in [-0.1, -0.05) is 25.2 Å². The minimum Gasteiger partial charge on any atom is -0.497 e. The molecule has 3 aromatic rings. The van der Waals surface area contributed by atoms with Crippen LogP contribution in [0.1, 0.15) is 45.4 Å². The van der Waals surface area contributed by atoms with Gasteiger partial charge in [-0.25, -0.2) is 4.79 Å². The lowest BCUT2D eigenvalue weighted by molar-refractivity contribution is -0.157. The van der Waals surface area contributed by atoms with Gasteiger partial charge >= 0.3 is 12.1 Å². The number of alkyl halides is 3. The zero-order valence-corrected chi connectivity index (χ0v) is 24.4. The molecule has 0 bridgehead atoms. The van der Waals surface area contributed by atoms with Crippen molar-refractivity contribution in [3.63, 3.8) is 0 Å². The van der Waals surface area contributed by atoms with E-state index in [9.17, 15) is 18.0 Å². The van der Waals surface area contributed by atoms with E-state index in [-0.39, 0.29) is 13.2 Å². The Kier molecular flexibility index (Phi) is 10.4. The number of aryl methyl sites for hydroxylation is 1. The summed E-state index contributed by atoms with van der Waals surface area (Å²) in [5, 5.41) is 5.58. The molecule has 2 aromatic carbocycles. The second kappa shape index (κ2) is 13.3. The van der Waals surface area contributed by atoms with E-state index in [0.717, 1.165) is 33.1 Å². The van der Waals surface area contributed by atoms with Gasteiger partial charge in [-0.05, 0) is 76.1 Å². The zero-order valence-electron chi connectivity index (χ0n) is 23.6. The fraction of sp³-hybridized carbons (Fsp3) is 0.400. The van der Waals surface area contributed by atoms with Crippen LogP contribution in [-0.4, -0.2) is 41.2 Å². The first kappa shape index (κ1) is 31.1. The summed E-state index contributed by atoms with van der Waals surface area (Å²) in [6, 6.07) is 11.2. The third-order valence-corrected chi connectivity index (χ3v) is 6.65. The van der Waals surface area contributed by atoms with Gasteiger partial charge in [0.2, 0.25) is 0 Å². The molecular weight excluding hydrogens is 541 g/mol. The first-order valence-corrected chi connectivity index (χ1v) is 13.8. The van der Waals surface area contributed by atoms with Crippen LogP contribution in [0.3, 0.4) is 0 Å². The van der Waals surface area contributed by atoms with Gasteiger partial charge in [-0.2, -0.15) is 18.3 Å². The molecule has 1 heterocycles. The third-order valence-electron chi connectivity index (χ3n) is 5.65. The van der Waals surface area contributed by atoms with E-state index in [4.69, 9.17) is 19.3 Å². The fourth-order valence-corrected chi connectivity index (χ4v) is 4.85. The minimum absolute atomic E-state index is 0.178. The number of carbonyl (C=O) groups is 1. The Hall–Kier alpha value is -3.40. The highest BCUT2D eigenvalue weighted by atomic mass is 32.2. The van der Waals surface area contributed by atoms with Crippen molar-refractivity contribution in [3.8, 4) is 11.5 Å². The molecule has 0 aliphatic carbocycles. The first-order chi connectivity index (χ1) is 18.8. The van der Waals surface area contributed by atoms with Gasteiger partial charge in [-0.3, -0.25) is 4.68 Å². The smallest absolute Gasteiger partial charge is 0.416 e. The number of rotatable bonds is 11. The van der Waals surface area contributed by atoms with Crippen LogP contribution < -0.4 is 9.47 Å². The number of benzene rings is 2. The molecule has 0 saturated heterocycles. The molecule has 0 unspecified atom stereocenters. The van der Waals surface area contributed by atoms with E-state index in [0.29, 0.717) is 23.7 Å². The summed E-state index contributed by atoms with van der Waals surface area (Å²) in [7, 11) is 1.58. The van der Waals surface area contributed by atoms with Crippen LogP contribution in [0.2, 0.25) is 0 Å². The summed E-state index contributed by atoms with van der Waals surface area (Å²) >= 11 is 1.57. The van der Waals surface area contributed by atoms with Gasteiger partial charge in [0.15, 0.2) is 6.61 Å². The minimum atomic E-state index is -4.40. The average Bonchev–Trinajstić information content (AvgIpc) is 3.21. The molecule has 216 valence electrons. The Morgan fingerprint density at radius 3 is 2.50 bits per heavy atom. The topological polar surface area (TPSA) is 62.6 Å². The highest BCUT2D eigenvalue weighted by Gasteiger charge is 2.31. The van der Waals surface area contributed by atoms with Gasteiger partial charge in [0.05, 0.1) is 30.4 Å². The van der Waals surface area contributed by atoms with Crippen molar-refractivity contribution in [2.75, 3.05) is 13.7 Å². The molecule has 0 atom stereocenters. The van der Waals surface area contributed by atoms with E-state index < -0.39 is 23.3 Å². The average molecular weight is 577 g/mol. The number of methoxy groups -OCH3 is 1. The Morgan fingerprint density at radius 2 is 1.88 bits per heavy atom. The lowest BCUT2D eigenvalue weighted by Crippen LogP contribution is -2.27. The molecule has 0 fully saturated rings. The molecule has 40 heavy (non-hydrogen) atoms. The standard InChI is InChI=1S/C30H35F3N2O4S/c1-7-9-21(30(31,32)33)10-8-15-35-26-13-11-22(37-6)17-24(26)25(34-35)19-40-23-12-14-27(20(2)16-23)38-18-28(36)39-29(3,4)5/h8-14,16-17H,7,15,18-19H2,1-6H3/b10-8-,21-9+. The molecule has 10 heteroatoms. The highest BCUT2D eigenvalue weighted by molar-refractivity contribution is 7.98. The highest BCUT2D eigenvalue weighted by Crippen LogP contribution is 2.32. The fourth-order valence-electron chi connectivity index (χ4n) is 3.91. The monoisotopic (exact) mass is 576 g/mol. The van der Waals surface area contributed by atoms with Crippen molar-refractivity contribution in [1.29, 1.82) is 0 Å². The molecule has 0 aliphatic heterocycles. The van der Waals surface area contributed by atoms with E-state index in [2.05, 4.69) is 0 Å². The number of thioether (sulfide) groups is 1. The number of nitrogens with zero attached hydrogens (tertiary/aromatic N) is 2. The van der Waals surface area contributed by atoms with Crippen molar-refractivity contribution >= 4 is 28.6 Å². The van der Waals surface area contributed by atoms with Crippen molar-refractivity contribution in [2.24, 2.45) is 0 Å². The number of halogens is 3. The summed E-state index contributed by atoms with van der Waals surface area (Å²) in [6.07, 6.45) is -0.365. The second-order valence-electron chi connectivity index (χ2n) is 10.1. The van der Waals surface area contributed by atoms with Crippen LogP contribution in [-0.2, 0) is 21.8 Å². The summed E-state index contributed by atoms with van der Waals surface area (Å²) < 4.78 is 57.7. The number of hydrogen-bond donors (Lipinski definition) is 0. The van der Waals surface area contributed by atoms with E-state index in [1.165, 1.54) is 12.2 Å². The van der Waals surface area contributed by atoms with Crippen molar-refractivity contribution in [2.45, 2.75) is 70.0 Å². The predicted octanol–water partition coefficient (Wildman–Crippen LogP) is 7.82. The number of esters is 1. The summed E-state index contributed by atoms with van der Waals surface area (Å²) in [6.45, 7) is 8.99. The molecule has 3 rings (SSSR count). The predicted molar refractivity (Wildman–Crippen MR) is 152 cm³/mol. The normalized spacial score (nSPS) is 12.8. The number of carbonyl (C=O) groups excluding carboxylic acids is 1. The maximum Gasteiger partial charge on any atom is 0.416 e. The van der Waals surface area contributed by atoms with Gasteiger partial charge in [0, 0.05) is 16.0 Å². The van der Waals surface area contributed by atoms with Gasteiger partial charge in [-0.15, -0.1) is 11.8 Å². The van der Waals surface area contributed by atoms with Crippen LogP contribution >= 0.6 is 11.8 Å². The largest absolute Gasteiger partial charge is 0.497 e. The Bertz CT molecular complexity index is 1390. The van der Waals surface area contributed by atoms with Crippen molar-refractivity contribution in [1.82, 2.24) is 9.78 Å². The van der Waals surface area contributed by atoms with E-state index in [1.807, 2.05) is 37.3 Å². The number of fused-ring (bicyclic) bond motifs is 1. The summed E-state index contributed by atoms with van der Waals surface area (Å²) in [4.78, 5) is 12.9. The molecule has 0 saturated carbocycles. The summed E-state index contributed by atoms with van der Waals surface area (Å²) in [5.41, 5.74) is 1.21. The SMILES string of the molecule is CC/C=C(\C=C/Cn1nc(CSc2ccc(OCC(=O)OC(C)(C)C)c(C)c2)c2cc(OC)ccc21)C(F)(F)F. The Labute approximate surface area is 237 Å². The van der Waals surface area contributed by atoms with Crippen LogP contribution in [0.25, 0.3) is 10.9 Å². The Balaban J connectivity index is 1.75. The Morgan fingerprint density at radius 1 is 1.12 bits per heavy atom. The first-order valence-electron chi connectivity index (χ1n) is 12.9. The maximum atomic E-state index is 13.2. The molecule has 0 aliphatic rings. The molecule has 1 aromatic heterocycles. The molecular formula is C30H35F3N2O4S. The quantitative estimate of drug-likeness (QED) is 0.132. The van der Waals surface area contributed by atoms with E-state index in [1.54, 1.807) is 57.3 Å². The lowest BCUT2D eigenvalue weighted by Gasteiger charge is -2.19. The van der Waals surface area contributed by atoms with Crippen LogP contribution in [0.4, 0.5) is 13.2 Å². The van der Waals surface area contributed by atoms with Crippen LogP contribution in [0.15, 0.2) is 65.1 Å². The van der Waals surface area contributed by atoms with Gasteiger partial charge in [0.1, 0.15) is 17.1 Å². The lowest BCUT2D eigenvalue weighted by atomic mass is 10.2. The van der Waals surface area contributed by atoms with Crippen molar-refractivity contribution in [3.05, 3.63) is 71.5 Å². The molecule has 6 nitrogen and oxygen atoms in total. The molecule has 0 radical (unpaired) electrons. The zero-order chi connectivity index (χ0) is 29.5. The van der Waals surface area contributed by atoms with Crippen LogP contribution in [0, 0.1) is 6.92 Å². The number of aromatic nitrogens is 2. The van der Waals surface area contributed by atoms with Gasteiger partial charge < -0.3 is 14.2 Å². The number of hydrogen-bond acceptors (Lipinski definition) is 6. The number of ether oxygens (including phenoxy) is 3. The second-order valence-corrected chi connectivity index (χ2v) is 11.1. The van der Waals surface area contributed by atoms with Gasteiger partial charge in [0.25, 0.3) is 0 Å². The summed E-state index contributed by atoms with van der Waals surface area (Å²) in [5.74, 6) is 1.36. The molecule has 0 spiro atoms. The maximum absolute atomic E-state index is 13.2. The van der Waals surface area contributed by atoms with Crippen molar-refractivity contribution < 1.29 is 32.2 Å².